The Morgan fingerprint density at radius 1 is 1.15 bits per heavy atom. The zero-order chi connectivity index (χ0) is 14.4. The number of halogens is 1. The molecule has 1 atom stereocenters. The molecule has 0 heterocycles. The topological polar surface area (TPSA) is 56.9 Å². The van der Waals surface area contributed by atoms with Gasteiger partial charge in [0.15, 0.2) is 11.8 Å². The molecule has 1 aliphatic carbocycles. The average Bonchev–Trinajstić information content (AvgIpc) is 2.49. The molecule has 0 radical (unpaired) electrons. The summed E-state index contributed by atoms with van der Waals surface area (Å²) in [5.74, 6) is 0.761. The molecule has 108 valence electrons. The SMILES string of the molecule is N=C(CBr)OC(=N)C(c1ccccc1)C1CCCCC1. The number of ether oxygens (including phenoxy) is 1. The fraction of sp³-hybridized carbons (Fsp3) is 0.500. The molecular weight excluding hydrogens is 316 g/mol. The third kappa shape index (κ3) is 3.92. The molecule has 0 aromatic heterocycles. The van der Waals surface area contributed by atoms with E-state index in [2.05, 4.69) is 28.1 Å². The standard InChI is InChI=1S/C16H21BrN2O/c17-11-14(18)20-16(19)15(12-7-3-1-4-8-12)13-9-5-2-6-10-13/h1,3-4,7-8,13,15,18-19H,2,5-6,9-11H2. The van der Waals surface area contributed by atoms with Crippen LogP contribution in [0.5, 0.6) is 0 Å². The molecular formula is C16H21BrN2O. The van der Waals surface area contributed by atoms with E-state index in [0.29, 0.717) is 11.2 Å². The lowest BCUT2D eigenvalue weighted by atomic mass is 9.76. The molecule has 1 unspecified atom stereocenters. The first kappa shape index (κ1) is 15.2. The molecule has 20 heavy (non-hydrogen) atoms. The lowest BCUT2D eigenvalue weighted by Gasteiger charge is -2.30. The first-order valence-electron chi connectivity index (χ1n) is 7.17. The summed E-state index contributed by atoms with van der Waals surface area (Å²) in [5.41, 5.74) is 1.13. The molecule has 2 N–H and O–H groups in total. The van der Waals surface area contributed by atoms with Crippen molar-refractivity contribution < 1.29 is 4.74 Å². The van der Waals surface area contributed by atoms with Crippen LogP contribution in [0.25, 0.3) is 0 Å². The molecule has 0 saturated heterocycles. The van der Waals surface area contributed by atoms with Gasteiger partial charge < -0.3 is 4.74 Å². The molecule has 2 rings (SSSR count). The molecule has 0 amide bonds. The van der Waals surface area contributed by atoms with Crippen LogP contribution < -0.4 is 0 Å². The number of rotatable bonds is 4. The Labute approximate surface area is 128 Å². The van der Waals surface area contributed by atoms with E-state index in [9.17, 15) is 0 Å². The Kier molecular flexibility index (Phi) is 5.77. The first-order valence-corrected chi connectivity index (χ1v) is 8.29. The van der Waals surface area contributed by atoms with E-state index in [1.807, 2.05) is 18.2 Å². The van der Waals surface area contributed by atoms with Gasteiger partial charge in [0, 0.05) is 0 Å². The summed E-state index contributed by atoms with van der Waals surface area (Å²) in [7, 11) is 0. The van der Waals surface area contributed by atoms with Crippen molar-refractivity contribution in [1.82, 2.24) is 0 Å². The second-order valence-electron chi connectivity index (χ2n) is 5.31. The Bertz CT molecular complexity index is 455. The predicted molar refractivity (Wildman–Crippen MR) is 86.1 cm³/mol. The molecule has 0 bridgehead atoms. The van der Waals surface area contributed by atoms with Crippen LogP contribution in [0.4, 0.5) is 0 Å². The number of nitrogens with one attached hydrogen (secondary N) is 2. The van der Waals surface area contributed by atoms with Gasteiger partial charge >= 0.3 is 0 Å². The fourth-order valence-electron chi connectivity index (χ4n) is 2.99. The third-order valence-electron chi connectivity index (χ3n) is 3.92. The van der Waals surface area contributed by atoms with Crippen LogP contribution in [0.15, 0.2) is 30.3 Å². The summed E-state index contributed by atoms with van der Waals surface area (Å²) >= 11 is 3.20. The number of alkyl halides is 1. The van der Waals surface area contributed by atoms with Crippen LogP contribution in [-0.4, -0.2) is 17.1 Å². The van der Waals surface area contributed by atoms with Crippen LogP contribution in [0.2, 0.25) is 0 Å². The van der Waals surface area contributed by atoms with Gasteiger partial charge in [-0.2, -0.15) is 0 Å². The van der Waals surface area contributed by atoms with Crippen molar-refractivity contribution in [1.29, 1.82) is 10.8 Å². The number of hydrogen-bond donors (Lipinski definition) is 2. The maximum absolute atomic E-state index is 8.27. The van der Waals surface area contributed by atoms with Crippen LogP contribution in [0.3, 0.4) is 0 Å². The smallest absolute Gasteiger partial charge is 0.199 e. The molecule has 0 spiro atoms. The fourth-order valence-corrected chi connectivity index (χ4v) is 3.10. The van der Waals surface area contributed by atoms with Gasteiger partial charge in [0.1, 0.15) is 0 Å². The van der Waals surface area contributed by atoms with E-state index in [4.69, 9.17) is 15.6 Å². The summed E-state index contributed by atoms with van der Waals surface area (Å²) in [6, 6.07) is 10.1. The van der Waals surface area contributed by atoms with E-state index in [1.165, 1.54) is 19.3 Å². The van der Waals surface area contributed by atoms with Gasteiger partial charge in [-0.05, 0) is 24.3 Å². The normalized spacial score (nSPS) is 17.4. The maximum Gasteiger partial charge on any atom is 0.199 e. The molecule has 3 nitrogen and oxygen atoms in total. The zero-order valence-corrected chi connectivity index (χ0v) is 13.2. The van der Waals surface area contributed by atoms with E-state index < -0.39 is 0 Å². The van der Waals surface area contributed by atoms with Crippen LogP contribution in [0, 0.1) is 16.7 Å². The minimum absolute atomic E-state index is 0.0177. The molecule has 4 heteroatoms. The molecule has 1 fully saturated rings. The second-order valence-corrected chi connectivity index (χ2v) is 5.87. The van der Waals surface area contributed by atoms with Gasteiger partial charge in [-0.1, -0.05) is 65.5 Å². The first-order chi connectivity index (χ1) is 9.72. The zero-order valence-electron chi connectivity index (χ0n) is 11.6. The second kappa shape index (κ2) is 7.58. The average molecular weight is 337 g/mol. The van der Waals surface area contributed by atoms with Crippen LogP contribution in [-0.2, 0) is 4.74 Å². The molecule has 0 aliphatic heterocycles. The van der Waals surface area contributed by atoms with E-state index in [1.54, 1.807) is 0 Å². The van der Waals surface area contributed by atoms with Gasteiger partial charge in [-0.3, -0.25) is 10.8 Å². The number of benzene rings is 1. The molecule has 1 aromatic rings. The van der Waals surface area contributed by atoms with Gasteiger partial charge in [-0.25, -0.2) is 0 Å². The Hall–Kier alpha value is -1.16. The summed E-state index contributed by atoms with van der Waals surface area (Å²) in [6.07, 6.45) is 6.05. The van der Waals surface area contributed by atoms with Crippen molar-refractivity contribution in [2.45, 2.75) is 38.0 Å². The summed E-state index contributed by atoms with van der Waals surface area (Å²) in [4.78, 5) is 0. The minimum atomic E-state index is -0.0177. The predicted octanol–water partition coefficient (Wildman–Crippen LogP) is 4.72. The van der Waals surface area contributed by atoms with E-state index in [0.717, 1.165) is 18.4 Å². The Balaban J connectivity index is 2.19. The van der Waals surface area contributed by atoms with Crippen LogP contribution in [0.1, 0.15) is 43.6 Å². The lowest BCUT2D eigenvalue weighted by molar-refractivity contribution is 0.321. The summed E-state index contributed by atoms with van der Waals surface area (Å²) < 4.78 is 5.39. The highest BCUT2D eigenvalue weighted by Crippen LogP contribution is 2.37. The highest BCUT2D eigenvalue weighted by atomic mass is 79.9. The van der Waals surface area contributed by atoms with E-state index >= 15 is 0 Å². The maximum atomic E-state index is 8.27. The highest BCUT2D eigenvalue weighted by Gasteiger charge is 2.30. The quantitative estimate of drug-likeness (QED) is 0.466. The monoisotopic (exact) mass is 336 g/mol. The van der Waals surface area contributed by atoms with E-state index in [-0.39, 0.29) is 17.7 Å². The Morgan fingerprint density at radius 3 is 2.40 bits per heavy atom. The largest absolute Gasteiger partial charge is 0.428 e. The molecule has 1 aliphatic rings. The van der Waals surface area contributed by atoms with Crippen LogP contribution >= 0.6 is 15.9 Å². The molecule has 1 saturated carbocycles. The number of hydrogen-bond acceptors (Lipinski definition) is 3. The van der Waals surface area contributed by atoms with Gasteiger partial charge in [0.25, 0.3) is 0 Å². The van der Waals surface area contributed by atoms with Crippen molar-refractivity contribution in [3.8, 4) is 0 Å². The summed E-state index contributed by atoms with van der Waals surface area (Å²) in [6.45, 7) is 0. The minimum Gasteiger partial charge on any atom is -0.428 e. The van der Waals surface area contributed by atoms with Crippen molar-refractivity contribution >= 4 is 27.7 Å². The van der Waals surface area contributed by atoms with Gasteiger partial charge in [-0.15, -0.1) is 0 Å². The third-order valence-corrected chi connectivity index (χ3v) is 4.43. The van der Waals surface area contributed by atoms with Crippen molar-refractivity contribution in [2.75, 3.05) is 5.33 Å². The highest BCUT2D eigenvalue weighted by molar-refractivity contribution is 9.09. The van der Waals surface area contributed by atoms with Gasteiger partial charge in [0.2, 0.25) is 0 Å². The van der Waals surface area contributed by atoms with Crippen molar-refractivity contribution in [2.24, 2.45) is 5.92 Å². The van der Waals surface area contributed by atoms with Crippen molar-refractivity contribution in [3.63, 3.8) is 0 Å². The Morgan fingerprint density at radius 2 is 1.80 bits per heavy atom. The molecule has 1 aromatic carbocycles. The summed E-state index contributed by atoms with van der Waals surface area (Å²) in [5, 5.41) is 16.2. The van der Waals surface area contributed by atoms with Crippen molar-refractivity contribution in [3.05, 3.63) is 35.9 Å². The lowest BCUT2D eigenvalue weighted by Crippen LogP contribution is -2.27. The van der Waals surface area contributed by atoms with Gasteiger partial charge in [0.05, 0.1) is 11.2 Å².